The second-order valence-corrected chi connectivity index (χ2v) is 9.40. The molecule has 1 fully saturated rings. The number of carbonyl (C=O) groups excluding carboxylic acids is 2. The minimum Gasteiger partial charge on any atom is -0.483 e. The molecule has 2 aliphatic heterocycles. The topological polar surface area (TPSA) is 103 Å². The Morgan fingerprint density at radius 2 is 2.00 bits per heavy atom. The van der Waals surface area contributed by atoms with Crippen molar-refractivity contribution in [3.05, 3.63) is 47.1 Å². The highest BCUT2D eigenvalue weighted by molar-refractivity contribution is 5.93. The van der Waals surface area contributed by atoms with Crippen LogP contribution in [-0.4, -0.2) is 43.9 Å². The van der Waals surface area contributed by atoms with Crippen LogP contribution < -0.4 is 15.8 Å². The molecule has 2 aliphatic rings. The number of carbonyl (C=O) groups is 2. The molecule has 0 radical (unpaired) electrons. The second-order valence-electron chi connectivity index (χ2n) is 9.40. The van der Waals surface area contributed by atoms with E-state index in [4.69, 9.17) is 20.2 Å². The molecule has 1 aromatic carbocycles. The first-order valence-electron chi connectivity index (χ1n) is 12.7. The molecular formula is C28H39N3O4. The first kappa shape index (κ1) is 26.7. The summed E-state index contributed by atoms with van der Waals surface area (Å²) in [5, 5.41) is 2.85. The molecule has 1 saturated heterocycles. The third-order valence-electron chi connectivity index (χ3n) is 6.68. The number of hydrogen-bond donors (Lipinski definition) is 2. The van der Waals surface area contributed by atoms with Crippen LogP contribution in [0.2, 0.25) is 0 Å². The number of amides is 2. The largest absolute Gasteiger partial charge is 0.483 e. The van der Waals surface area contributed by atoms with Crippen molar-refractivity contribution in [1.82, 2.24) is 5.32 Å². The Morgan fingerprint density at radius 1 is 1.20 bits per heavy atom. The van der Waals surface area contributed by atoms with Gasteiger partial charge in [-0.25, -0.2) is 0 Å². The van der Waals surface area contributed by atoms with Gasteiger partial charge in [0, 0.05) is 43.9 Å². The Bertz CT molecular complexity index is 975. The first-order chi connectivity index (χ1) is 16.9. The summed E-state index contributed by atoms with van der Waals surface area (Å²) in [7, 11) is 0. The molecule has 0 saturated carbocycles. The van der Waals surface area contributed by atoms with Crippen molar-refractivity contribution in [3.63, 3.8) is 0 Å². The number of primary amides is 1. The zero-order chi connectivity index (χ0) is 25.0. The van der Waals surface area contributed by atoms with Crippen LogP contribution in [0, 0.1) is 19.8 Å². The van der Waals surface area contributed by atoms with Crippen LogP contribution in [0.1, 0.15) is 68.1 Å². The number of unbranched alkanes of at least 4 members (excludes halogenated alkanes) is 1. The molecule has 1 aromatic rings. The van der Waals surface area contributed by atoms with Gasteiger partial charge in [-0.15, -0.1) is 0 Å². The Balaban J connectivity index is 1.65. The van der Waals surface area contributed by atoms with Crippen LogP contribution in [0.25, 0.3) is 5.70 Å². The molecule has 0 unspecified atom stereocenters. The predicted molar refractivity (Wildman–Crippen MR) is 139 cm³/mol. The van der Waals surface area contributed by atoms with Gasteiger partial charge in [0.05, 0.1) is 5.70 Å². The number of aryl methyl sites for hydroxylation is 1. The highest BCUT2D eigenvalue weighted by Crippen LogP contribution is 2.34. The van der Waals surface area contributed by atoms with Gasteiger partial charge in [0.2, 0.25) is 5.91 Å². The number of nitrogens with one attached hydrogen (secondary N) is 1. The molecule has 2 amide bonds. The maximum atomic E-state index is 12.3. The van der Waals surface area contributed by atoms with E-state index >= 15 is 0 Å². The summed E-state index contributed by atoms with van der Waals surface area (Å²) in [6.07, 6.45) is 13.2. The lowest BCUT2D eigenvalue weighted by atomic mass is 9.93. The minimum absolute atomic E-state index is 0.0729. The van der Waals surface area contributed by atoms with Gasteiger partial charge in [-0.3, -0.25) is 14.6 Å². The van der Waals surface area contributed by atoms with Crippen LogP contribution in [0.5, 0.6) is 5.75 Å². The summed E-state index contributed by atoms with van der Waals surface area (Å²) in [6.45, 7) is 6.20. The highest BCUT2D eigenvalue weighted by atomic mass is 16.5. The van der Waals surface area contributed by atoms with Crippen molar-refractivity contribution in [1.29, 1.82) is 0 Å². The molecule has 2 heterocycles. The van der Waals surface area contributed by atoms with Crippen LogP contribution in [-0.2, 0) is 14.3 Å². The molecule has 0 bridgehead atoms. The fourth-order valence-electron chi connectivity index (χ4n) is 4.35. The Kier molecular flexibility index (Phi) is 10.5. The molecule has 3 rings (SSSR count). The van der Waals surface area contributed by atoms with Crippen LogP contribution in [0.15, 0.2) is 35.4 Å². The average Bonchev–Trinajstić information content (AvgIpc) is 3.09. The lowest BCUT2D eigenvalue weighted by Crippen LogP contribution is -2.30. The quantitative estimate of drug-likeness (QED) is 0.432. The number of benzene rings is 1. The van der Waals surface area contributed by atoms with E-state index in [0.717, 1.165) is 67.7 Å². The SMILES string of the molecule is Cc1ccc(C2=CC=CCC(CCC3CCOCC3)=N2)c(OCC(=O)NCCCCC(N)=O)c1C. The molecule has 0 spiro atoms. The summed E-state index contributed by atoms with van der Waals surface area (Å²) in [5.41, 5.74) is 10.2. The van der Waals surface area contributed by atoms with Crippen molar-refractivity contribution in [2.75, 3.05) is 26.4 Å². The van der Waals surface area contributed by atoms with E-state index in [1.54, 1.807) is 0 Å². The third kappa shape index (κ3) is 8.66. The maximum absolute atomic E-state index is 12.3. The van der Waals surface area contributed by atoms with Gasteiger partial charge in [-0.05, 0) is 81.6 Å². The molecule has 0 atom stereocenters. The summed E-state index contributed by atoms with van der Waals surface area (Å²) < 4.78 is 11.5. The standard InChI is InChI=1S/C28H39N3O4/c1-20-10-13-24(28(21(20)2)35-19-27(33)30-16-6-5-9-26(29)32)25-8-4-3-7-23(31-25)12-11-22-14-17-34-18-15-22/h3-4,8,10,13,22H,5-7,9,11-12,14-19H2,1-2H3,(H2,29,32)(H,30,33). The van der Waals surface area contributed by atoms with Crippen LogP contribution in [0.4, 0.5) is 0 Å². The van der Waals surface area contributed by atoms with E-state index in [0.29, 0.717) is 37.5 Å². The molecule has 7 nitrogen and oxygen atoms in total. The Morgan fingerprint density at radius 3 is 2.77 bits per heavy atom. The van der Waals surface area contributed by atoms with Crippen LogP contribution >= 0.6 is 0 Å². The summed E-state index contributed by atoms with van der Waals surface area (Å²) >= 11 is 0. The summed E-state index contributed by atoms with van der Waals surface area (Å²) in [6, 6.07) is 4.10. The zero-order valence-corrected chi connectivity index (χ0v) is 21.1. The van der Waals surface area contributed by atoms with Crippen molar-refractivity contribution < 1.29 is 19.1 Å². The third-order valence-corrected chi connectivity index (χ3v) is 6.68. The fraction of sp³-hybridized carbons (Fsp3) is 0.536. The van der Waals surface area contributed by atoms with Crippen molar-refractivity contribution in [2.24, 2.45) is 16.6 Å². The predicted octanol–water partition coefficient (Wildman–Crippen LogP) is 4.40. The summed E-state index contributed by atoms with van der Waals surface area (Å²) in [5.74, 6) is 0.898. The van der Waals surface area contributed by atoms with Gasteiger partial charge in [0.1, 0.15) is 5.75 Å². The van der Waals surface area contributed by atoms with Gasteiger partial charge in [-0.2, -0.15) is 0 Å². The molecule has 0 aliphatic carbocycles. The van der Waals surface area contributed by atoms with E-state index in [9.17, 15) is 9.59 Å². The van der Waals surface area contributed by atoms with E-state index in [-0.39, 0.29) is 18.4 Å². The smallest absolute Gasteiger partial charge is 0.257 e. The number of ether oxygens (including phenoxy) is 2. The lowest BCUT2D eigenvalue weighted by molar-refractivity contribution is -0.123. The number of rotatable bonds is 12. The highest BCUT2D eigenvalue weighted by Gasteiger charge is 2.18. The number of hydrogen-bond acceptors (Lipinski definition) is 5. The van der Waals surface area contributed by atoms with E-state index in [1.165, 1.54) is 5.71 Å². The lowest BCUT2D eigenvalue weighted by Gasteiger charge is -2.22. The van der Waals surface area contributed by atoms with Crippen molar-refractivity contribution >= 4 is 23.2 Å². The maximum Gasteiger partial charge on any atom is 0.257 e. The van der Waals surface area contributed by atoms with Gasteiger partial charge in [-0.1, -0.05) is 18.2 Å². The molecule has 3 N–H and O–H groups in total. The van der Waals surface area contributed by atoms with Crippen molar-refractivity contribution in [3.8, 4) is 5.75 Å². The molecule has 7 heteroatoms. The molecule has 0 aromatic heterocycles. The first-order valence-corrected chi connectivity index (χ1v) is 12.7. The van der Waals surface area contributed by atoms with Gasteiger partial charge in [0.25, 0.3) is 5.91 Å². The van der Waals surface area contributed by atoms with E-state index in [2.05, 4.69) is 23.5 Å². The Hall–Kier alpha value is -2.93. The summed E-state index contributed by atoms with van der Waals surface area (Å²) in [4.78, 5) is 28.2. The van der Waals surface area contributed by atoms with Crippen molar-refractivity contribution in [2.45, 2.75) is 65.2 Å². The van der Waals surface area contributed by atoms with Crippen LogP contribution in [0.3, 0.4) is 0 Å². The normalized spacial score (nSPS) is 16.3. The minimum atomic E-state index is -0.320. The number of aliphatic imine (C=N–C) groups is 1. The zero-order valence-electron chi connectivity index (χ0n) is 21.1. The fourth-order valence-corrected chi connectivity index (χ4v) is 4.35. The monoisotopic (exact) mass is 481 g/mol. The molecular weight excluding hydrogens is 442 g/mol. The van der Waals surface area contributed by atoms with Gasteiger partial charge >= 0.3 is 0 Å². The second kappa shape index (κ2) is 13.8. The van der Waals surface area contributed by atoms with Gasteiger partial charge < -0.3 is 20.5 Å². The average molecular weight is 482 g/mol. The Labute approximate surface area is 208 Å². The molecule has 190 valence electrons. The van der Waals surface area contributed by atoms with E-state index in [1.807, 2.05) is 26.0 Å². The number of nitrogens with two attached hydrogens (primary N) is 1. The number of allylic oxidation sites excluding steroid dienone is 3. The van der Waals surface area contributed by atoms with Gasteiger partial charge in [0.15, 0.2) is 6.61 Å². The number of nitrogens with zero attached hydrogens (tertiary/aromatic N) is 1. The molecule has 35 heavy (non-hydrogen) atoms. The van der Waals surface area contributed by atoms with E-state index < -0.39 is 0 Å².